The van der Waals surface area contributed by atoms with Crippen molar-refractivity contribution in [2.45, 2.75) is 26.3 Å². The minimum atomic E-state index is 0. The van der Waals surface area contributed by atoms with E-state index in [4.69, 9.17) is 4.74 Å². The van der Waals surface area contributed by atoms with Crippen LogP contribution in [0, 0.1) is 12.8 Å². The van der Waals surface area contributed by atoms with Crippen LogP contribution >= 0.6 is 24.0 Å². The summed E-state index contributed by atoms with van der Waals surface area (Å²) in [5.74, 6) is 1.72. The molecule has 1 N–H and O–H groups in total. The Morgan fingerprint density at radius 3 is 2.91 bits per heavy atom. The second-order valence-corrected chi connectivity index (χ2v) is 5.69. The van der Waals surface area contributed by atoms with Crippen LogP contribution < -0.4 is 5.32 Å². The molecule has 0 spiro atoms. The highest BCUT2D eigenvalue weighted by Crippen LogP contribution is 2.28. The van der Waals surface area contributed by atoms with E-state index in [2.05, 4.69) is 20.3 Å². The highest BCUT2D eigenvalue weighted by atomic mass is 127. The topological polar surface area (TPSA) is 54.7 Å². The summed E-state index contributed by atoms with van der Waals surface area (Å²) in [6.45, 7) is 6.21. The minimum Gasteiger partial charge on any atom is -0.379 e. The van der Waals surface area contributed by atoms with Crippen molar-refractivity contribution < 1.29 is 4.74 Å². The summed E-state index contributed by atoms with van der Waals surface area (Å²) in [6.07, 6.45) is 6.59. The number of aryl methyl sites for hydroxylation is 1. The number of ether oxygens (including phenoxy) is 1. The first-order chi connectivity index (χ1) is 10.2. The summed E-state index contributed by atoms with van der Waals surface area (Å²) >= 11 is 0. The van der Waals surface area contributed by atoms with E-state index in [9.17, 15) is 0 Å². The van der Waals surface area contributed by atoms with Crippen LogP contribution in [0.5, 0.6) is 0 Å². The van der Waals surface area contributed by atoms with Gasteiger partial charge >= 0.3 is 0 Å². The molecule has 1 saturated carbocycles. The van der Waals surface area contributed by atoms with E-state index < -0.39 is 0 Å². The Bertz CT molecular complexity index is 459. The zero-order valence-electron chi connectivity index (χ0n) is 13.8. The summed E-state index contributed by atoms with van der Waals surface area (Å²) in [4.78, 5) is 6.40. The van der Waals surface area contributed by atoms with Crippen LogP contribution in [0.3, 0.4) is 0 Å². The maximum absolute atomic E-state index is 5.66. The number of rotatable bonds is 8. The summed E-state index contributed by atoms with van der Waals surface area (Å²) in [7, 11) is 3.84. The molecule has 0 aliphatic heterocycles. The quantitative estimate of drug-likeness (QED) is 0.301. The second-order valence-electron chi connectivity index (χ2n) is 5.69. The third kappa shape index (κ3) is 6.95. The molecule has 2 rings (SSSR count). The van der Waals surface area contributed by atoms with Crippen LogP contribution in [0.25, 0.3) is 0 Å². The van der Waals surface area contributed by atoms with E-state index in [1.54, 1.807) is 0 Å². The number of guanidine groups is 1. The molecular formula is C15H28IN5O. The fourth-order valence-corrected chi connectivity index (χ4v) is 2.10. The molecule has 1 aliphatic carbocycles. The van der Waals surface area contributed by atoms with Crippen molar-refractivity contribution >= 4 is 29.9 Å². The molecule has 7 heteroatoms. The van der Waals surface area contributed by atoms with Crippen molar-refractivity contribution in [1.82, 2.24) is 20.0 Å². The molecule has 1 fully saturated rings. The number of hydrogen-bond acceptors (Lipinski definition) is 3. The second kappa shape index (κ2) is 10.0. The zero-order valence-corrected chi connectivity index (χ0v) is 16.1. The molecule has 6 nitrogen and oxygen atoms in total. The van der Waals surface area contributed by atoms with Gasteiger partial charge in [-0.2, -0.15) is 5.10 Å². The SMILES string of the molecule is CN=C(NCCn1cc(C)cn1)N(C)CCOCC1CC1.I. The molecule has 0 radical (unpaired) electrons. The van der Waals surface area contributed by atoms with Crippen molar-refractivity contribution in [2.75, 3.05) is 40.4 Å². The van der Waals surface area contributed by atoms with Crippen molar-refractivity contribution in [3.63, 3.8) is 0 Å². The number of aromatic nitrogens is 2. The van der Waals surface area contributed by atoms with Gasteiger partial charge in [0.15, 0.2) is 5.96 Å². The van der Waals surface area contributed by atoms with Gasteiger partial charge in [0.05, 0.1) is 19.3 Å². The highest BCUT2D eigenvalue weighted by molar-refractivity contribution is 14.0. The van der Waals surface area contributed by atoms with E-state index in [0.717, 1.165) is 44.7 Å². The lowest BCUT2D eigenvalue weighted by Gasteiger charge is -2.22. The predicted molar refractivity (Wildman–Crippen MR) is 99.9 cm³/mol. The largest absolute Gasteiger partial charge is 0.379 e. The molecule has 126 valence electrons. The molecule has 0 saturated heterocycles. The third-order valence-corrected chi connectivity index (χ3v) is 3.58. The van der Waals surface area contributed by atoms with E-state index in [-0.39, 0.29) is 24.0 Å². The van der Waals surface area contributed by atoms with Gasteiger partial charge < -0.3 is 15.0 Å². The van der Waals surface area contributed by atoms with Crippen molar-refractivity contribution in [3.8, 4) is 0 Å². The normalized spacial score (nSPS) is 14.6. The van der Waals surface area contributed by atoms with Crippen molar-refractivity contribution in [1.29, 1.82) is 0 Å². The van der Waals surface area contributed by atoms with Gasteiger partial charge in [0.2, 0.25) is 0 Å². The summed E-state index contributed by atoms with van der Waals surface area (Å²) in [6, 6.07) is 0. The third-order valence-electron chi connectivity index (χ3n) is 3.58. The minimum absolute atomic E-state index is 0. The van der Waals surface area contributed by atoms with Crippen LogP contribution in [-0.2, 0) is 11.3 Å². The Hall–Kier alpha value is -0.830. The summed E-state index contributed by atoms with van der Waals surface area (Å²) in [5, 5.41) is 7.62. The molecule has 0 unspecified atom stereocenters. The summed E-state index contributed by atoms with van der Waals surface area (Å²) in [5.41, 5.74) is 1.18. The number of nitrogens with zero attached hydrogens (tertiary/aromatic N) is 4. The molecule has 22 heavy (non-hydrogen) atoms. The molecule has 0 aromatic carbocycles. The van der Waals surface area contributed by atoms with Gasteiger partial charge in [0.25, 0.3) is 0 Å². The van der Waals surface area contributed by atoms with E-state index in [1.165, 1.54) is 18.4 Å². The molecular weight excluding hydrogens is 393 g/mol. The van der Waals surface area contributed by atoms with Gasteiger partial charge in [-0.15, -0.1) is 24.0 Å². The monoisotopic (exact) mass is 421 g/mol. The summed E-state index contributed by atoms with van der Waals surface area (Å²) < 4.78 is 7.60. The Morgan fingerprint density at radius 1 is 1.55 bits per heavy atom. The number of aliphatic imine (C=N–C) groups is 1. The van der Waals surface area contributed by atoms with Crippen LogP contribution in [-0.4, -0.2) is 61.0 Å². The van der Waals surface area contributed by atoms with Gasteiger partial charge in [0, 0.05) is 40.0 Å². The zero-order chi connectivity index (χ0) is 15.1. The molecule has 1 aliphatic rings. The lowest BCUT2D eigenvalue weighted by Crippen LogP contribution is -2.41. The first-order valence-electron chi connectivity index (χ1n) is 7.67. The first kappa shape index (κ1) is 19.2. The lowest BCUT2D eigenvalue weighted by molar-refractivity contribution is 0.115. The van der Waals surface area contributed by atoms with Crippen LogP contribution in [0.4, 0.5) is 0 Å². The standard InChI is InChI=1S/C15H27N5O.HI/c1-13-10-18-20(11-13)7-6-17-15(16-2)19(3)8-9-21-12-14-4-5-14;/h10-11,14H,4-9,12H2,1-3H3,(H,16,17);1H. The molecule has 1 heterocycles. The Labute approximate surface area is 150 Å². The van der Waals surface area contributed by atoms with E-state index >= 15 is 0 Å². The fourth-order valence-electron chi connectivity index (χ4n) is 2.10. The van der Waals surface area contributed by atoms with Crippen LogP contribution in [0.1, 0.15) is 18.4 Å². The number of hydrogen-bond donors (Lipinski definition) is 1. The number of likely N-dealkylation sites (N-methyl/N-ethyl adjacent to an activating group) is 1. The lowest BCUT2D eigenvalue weighted by atomic mass is 10.4. The molecule has 0 atom stereocenters. The first-order valence-corrected chi connectivity index (χ1v) is 7.67. The maximum Gasteiger partial charge on any atom is 0.193 e. The predicted octanol–water partition coefficient (Wildman–Crippen LogP) is 1.74. The van der Waals surface area contributed by atoms with Gasteiger partial charge in [-0.1, -0.05) is 0 Å². The highest BCUT2D eigenvalue weighted by Gasteiger charge is 2.21. The van der Waals surface area contributed by atoms with Gasteiger partial charge in [-0.25, -0.2) is 0 Å². The molecule has 0 bridgehead atoms. The Balaban J connectivity index is 0.00000242. The molecule has 1 aromatic heterocycles. The number of nitrogens with one attached hydrogen (secondary N) is 1. The van der Waals surface area contributed by atoms with E-state index in [1.807, 2.05) is 38.1 Å². The molecule has 1 aromatic rings. The Kier molecular flexibility index (Phi) is 8.77. The fraction of sp³-hybridized carbons (Fsp3) is 0.733. The average molecular weight is 421 g/mol. The van der Waals surface area contributed by atoms with Gasteiger partial charge in [-0.05, 0) is 31.2 Å². The van der Waals surface area contributed by atoms with E-state index in [0.29, 0.717) is 0 Å². The Morgan fingerprint density at radius 2 is 2.32 bits per heavy atom. The van der Waals surface area contributed by atoms with Crippen molar-refractivity contribution in [2.24, 2.45) is 10.9 Å². The van der Waals surface area contributed by atoms with Gasteiger partial charge in [0.1, 0.15) is 0 Å². The van der Waals surface area contributed by atoms with Crippen LogP contribution in [0.2, 0.25) is 0 Å². The van der Waals surface area contributed by atoms with Gasteiger partial charge in [-0.3, -0.25) is 9.67 Å². The van der Waals surface area contributed by atoms with Crippen LogP contribution in [0.15, 0.2) is 17.4 Å². The molecule has 0 amide bonds. The smallest absolute Gasteiger partial charge is 0.193 e. The number of halogens is 1. The van der Waals surface area contributed by atoms with Crippen molar-refractivity contribution in [3.05, 3.63) is 18.0 Å². The maximum atomic E-state index is 5.66. The average Bonchev–Trinajstić information content (AvgIpc) is 3.21.